The number of hydrogen-bond donors (Lipinski definition) is 2. The first-order chi connectivity index (χ1) is 11.8. The van der Waals surface area contributed by atoms with E-state index >= 15 is 0 Å². The maximum atomic E-state index is 11.7. The maximum Gasteiger partial charge on any atom is 0.221 e. The van der Waals surface area contributed by atoms with Gasteiger partial charge in [0.05, 0.1) is 0 Å². The van der Waals surface area contributed by atoms with Crippen LogP contribution >= 0.6 is 0 Å². The topological polar surface area (TPSA) is 47.6 Å². The Morgan fingerprint density at radius 3 is 1.88 bits per heavy atom. The predicted octanol–water partition coefficient (Wildman–Crippen LogP) is 1.83. The van der Waals surface area contributed by atoms with Crippen LogP contribution in [0.15, 0.2) is 0 Å². The lowest BCUT2D eigenvalue weighted by Gasteiger charge is -2.34. The molecule has 0 saturated carbocycles. The third-order valence-electron chi connectivity index (χ3n) is 5.29. The Labute approximate surface area is 148 Å². The van der Waals surface area contributed by atoms with E-state index in [1.807, 2.05) is 0 Å². The lowest BCUT2D eigenvalue weighted by atomic mass is 10.1. The first kappa shape index (κ1) is 19.7. The zero-order valence-corrected chi connectivity index (χ0v) is 15.5. The summed E-state index contributed by atoms with van der Waals surface area (Å²) in [4.78, 5) is 17.0. The van der Waals surface area contributed by atoms with Gasteiger partial charge in [-0.25, -0.2) is 0 Å². The molecule has 3 rings (SSSR count). The number of piperazine rings is 1. The molecule has 2 N–H and O–H groups in total. The molecule has 0 spiro atoms. The molecule has 3 saturated heterocycles. The van der Waals surface area contributed by atoms with Gasteiger partial charge in [0, 0.05) is 45.7 Å². The smallest absolute Gasteiger partial charge is 0.221 e. The molecule has 5 heteroatoms. The molecule has 3 aliphatic rings. The van der Waals surface area contributed by atoms with Gasteiger partial charge in [0.15, 0.2) is 0 Å². The Bertz CT molecular complexity index is 329. The highest BCUT2D eigenvalue weighted by atomic mass is 16.1. The van der Waals surface area contributed by atoms with Crippen LogP contribution in [0.4, 0.5) is 0 Å². The Balaban J connectivity index is 1.65. The van der Waals surface area contributed by atoms with Crippen LogP contribution in [0.3, 0.4) is 0 Å². The van der Waals surface area contributed by atoms with Crippen LogP contribution in [0.25, 0.3) is 0 Å². The van der Waals surface area contributed by atoms with Gasteiger partial charge >= 0.3 is 0 Å². The molecule has 3 heterocycles. The van der Waals surface area contributed by atoms with E-state index in [2.05, 4.69) is 20.4 Å². The monoisotopic (exact) mass is 338 g/mol. The highest BCUT2D eigenvalue weighted by Gasteiger charge is 2.15. The molecule has 140 valence electrons. The third kappa shape index (κ3) is 9.00. The molecule has 0 aromatic rings. The van der Waals surface area contributed by atoms with E-state index in [9.17, 15) is 4.79 Å². The lowest BCUT2D eigenvalue weighted by Crippen LogP contribution is -2.47. The van der Waals surface area contributed by atoms with Gasteiger partial charge in [-0.1, -0.05) is 32.1 Å². The fraction of sp³-hybridized carbons (Fsp3) is 0.947. The molecule has 5 nitrogen and oxygen atoms in total. The summed E-state index contributed by atoms with van der Waals surface area (Å²) in [6, 6.07) is 0. The summed E-state index contributed by atoms with van der Waals surface area (Å²) in [5.74, 6) is 0.199. The number of nitrogens with zero attached hydrogens (tertiary/aromatic N) is 2. The molecule has 0 unspecified atom stereocenters. The van der Waals surface area contributed by atoms with Crippen molar-refractivity contribution in [1.82, 2.24) is 20.4 Å². The van der Waals surface area contributed by atoms with Gasteiger partial charge in [0.1, 0.15) is 0 Å². The second-order valence-electron chi connectivity index (χ2n) is 7.36. The number of fused-ring (bicyclic) bond motifs is 18. The minimum atomic E-state index is 0.199. The van der Waals surface area contributed by atoms with E-state index in [-0.39, 0.29) is 5.91 Å². The van der Waals surface area contributed by atoms with Crippen molar-refractivity contribution in [3.05, 3.63) is 0 Å². The minimum absolute atomic E-state index is 0.199. The van der Waals surface area contributed by atoms with Crippen molar-refractivity contribution < 1.29 is 4.79 Å². The van der Waals surface area contributed by atoms with Crippen LogP contribution in [0.1, 0.15) is 57.8 Å². The fourth-order valence-corrected chi connectivity index (χ4v) is 3.65. The summed E-state index contributed by atoms with van der Waals surface area (Å²) in [5.41, 5.74) is 0. The predicted molar refractivity (Wildman–Crippen MR) is 100 cm³/mol. The first-order valence-electron chi connectivity index (χ1n) is 10.3. The number of nitrogens with one attached hydrogen (secondary N) is 2. The summed E-state index contributed by atoms with van der Waals surface area (Å²) in [6.07, 6.45) is 11.0. The van der Waals surface area contributed by atoms with E-state index in [4.69, 9.17) is 0 Å². The molecule has 3 aliphatic heterocycles. The Morgan fingerprint density at radius 1 is 0.583 bits per heavy atom. The quantitative estimate of drug-likeness (QED) is 0.707. The SMILES string of the molecule is O=C1CCNCCCN2CCN(CCCCCCCCCN1)CC2. The molecule has 0 aromatic carbocycles. The summed E-state index contributed by atoms with van der Waals surface area (Å²) >= 11 is 0. The standard InChI is InChI=1S/C19H38N4O/c24-19-9-12-20-10-8-14-23-17-15-22(16-18-23)13-7-5-3-1-2-4-6-11-21-19/h20H,1-18H2,(H,21,24). The Hall–Kier alpha value is -0.650. The summed E-state index contributed by atoms with van der Waals surface area (Å²) in [6.45, 7) is 10.1. The van der Waals surface area contributed by atoms with Crippen LogP contribution in [0, 0.1) is 0 Å². The second-order valence-corrected chi connectivity index (χ2v) is 7.36. The lowest BCUT2D eigenvalue weighted by molar-refractivity contribution is -0.121. The Morgan fingerprint density at radius 2 is 1.17 bits per heavy atom. The van der Waals surface area contributed by atoms with Gasteiger partial charge in [0.25, 0.3) is 0 Å². The number of rotatable bonds is 0. The van der Waals surface area contributed by atoms with E-state index < -0.39 is 0 Å². The average molecular weight is 339 g/mol. The molecule has 0 radical (unpaired) electrons. The van der Waals surface area contributed by atoms with Crippen molar-refractivity contribution in [1.29, 1.82) is 0 Å². The van der Waals surface area contributed by atoms with Crippen LogP contribution in [-0.2, 0) is 4.79 Å². The minimum Gasteiger partial charge on any atom is -0.356 e. The van der Waals surface area contributed by atoms with E-state index in [1.165, 1.54) is 84.2 Å². The van der Waals surface area contributed by atoms with Gasteiger partial charge in [-0.2, -0.15) is 0 Å². The van der Waals surface area contributed by atoms with Crippen molar-refractivity contribution in [2.24, 2.45) is 0 Å². The highest BCUT2D eigenvalue weighted by molar-refractivity contribution is 5.75. The van der Waals surface area contributed by atoms with E-state index in [0.717, 1.165) is 26.1 Å². The average Bonchev–Trinajstić information content (AvgIpc) is 2.60. The molecule has 3 fully saturated rings. The number of hydrogen-bond acceptors (Lipinski definition) is 4. The van der Waals surface area contributed by atoms with Crippen molar-refractivity contribution in [3.8, 4) is 0 Å². The number of carbonyl (C=O) groups is 1. The van der Waals surface area contributed by atoms with Crippen LogP contribution in [-0.4, -0.2) is 74.6 Å². The zero-order valence-electron chi connectivity index (χ0n) is 15.5. The summed E-state index contributed by atoms with van der Waals surface area (Å²) < 4.78 is 0. The van der Waals surface area contributed by atoms with Gasteiger partial charge in [-0.05, 0) is 38.9 Å². The zero-order chi connectivity index (χ0) is 16.9. The number of amides is 1. The second kappa shape index (κ2) is 12.7. The molecule has 0 aliphatic carbocycles. The van der Waals surface area contributed by atoms with Gasteiger partial charge in [0.2, 0.25) is 5.91 Å². The molecule has 0 atom stereocenters. The van der Waals surface area contributed by atoms with Crippen molar-refractivity contribution in [3.63, 3.8) is 0 Å². The van der Waals surface area contributed by atoms with Crippen LogP contribution in [0.5, 0.6) is 0 Å². The van der Waals surface area contributed by atoms with Crippen LogP contribution < -0.4 is 10.6 Å². The molecular formula is C19H38N4O. The highest BCUT2D eigenvalue weighted by Crippen LogP contribution is 2.09. The first-order valence-corrected chi connectivity index (χ1v) is 10.3. The van der Waals surface area contributed by atoms with Crippen LogP contribution in [0.2, 0.25) is 0 Å². The van der Waals surface area contributed by atoms with Gasteiger partial charge < -0.3 is 20.4 Å². The van der Waals surface area contributed by atoms with Gasteiger partial charge in [-0.15, -0.1) is 0 Å². The molecular weight excluding hydrogens is 300 g/mol. The number of carbonyl (C=O) groups excluding carboxylic acids is 1. The summed E-state index contributed by atoms with van der Waals surface area (Å²) in [7, 11) is 0. The normalized spacial score (nSPS) is 30.2. The van der Waals surface area contributed by atoms with Crippen molar-refractivity contribution >= 4 is 5.91 Å². The molecule has 2 bridgehead atoms. The molecule has 1 amide bonds. The van der Waals surface area contributed by atoms with E-state index in [1.54, 1.807) is 0 Å². The van der Waals surface area contributed by atoms with E-state index in [0.29, 0.717) is 6.42 Å². The van der Waals surface area contributed by atoms with Gasteiger partial charge in [-0.3, -0.25) is 4.79 Å². The van der Waals surface area contributed by atoms with Crippen molar-refractivity contribution in [2.75, 3.05) is 58.9 Å². The largest absolute Gasteiger partial charge is 0.356 e. The van der Waals surface area contributed by atoms with Crippen molar-refractivity contribution in [2.45, 2.75) is 57.8 Å². The molecule has 24 heavy (non-hydrogen) atoms. The molecule has 0 aromatic heterocycles. The summed E-state index contributed by atoms with van der Waals surface area (Å²) in [5, 5.41) is 6.45. The maximum absolute atomic E-state index is 11.7. The fourth-order valence-electron chi connectivity index (χ4n) is 3.65. The third-order valence-corrected chi connectivity index (χ3v) is 5.29. The Kier molecular flexibility index (Phi) is 10.4.